The molecule has 0 radical (unpaired) electrons. The first-order valence-corrected chi connectivity index (χ1v) is 6.65. The fraction of sp³-hybridized carbons (Fsp3) is 0.0667. The largest absolute Gasteiger partial charge is 0.507 e. The van der Waals surface area contributed by atoms with Crippen molar-refractivity contribution in [2.24, 2.45) is 0 Å². The van der Waals surface area contributed by atoms with Crippen molar-refractivity contribution < 1.29 is 9.90 Å². The van der Waals surface area contributed by atoms with Crippen LogP contribution >= 0.6 is 15.9 Å². The van der Waals surface area contributed by atoms with Gasteiger partial charge in [-0.1, -0.05) is 28.1 Å². The molecule has 1 amide bonds. The van der Waals surface area contributed by atoms with E-state index >= 15 is 0 Å². The Balaban J connectivity index is 2.09. The number of rotatable bonds is 3. The van der Waals surface area contributed by atoms with Crippen LogP contribution in [-0.4, -0.2) is 11.0 Å². The number of benzene rings is 2. The van der Waals surface area contributed by atoms with Crippen LogP contribution in [0.3, 0.4) is 0 Å². The molecule has 0 aliphatic carbocycles. The van der Waals surface area contributed by atoms with Gasteiger partial charge in [0.1, 0.15) is 5.75 Å². The number of carbonyl (C=O) groups excluding carboxylic acids is 1. The molecule has 0 aliphatic rings. The molecule has 0 heterocycles. The van der Waals surface area contributed by atoms with E-state index in [9.17, 15) is 9.90 Å². The number of phenolic OH excluding ortho intramolecular Hbond substituents is 1. The van der Waals surface area contributed by atoms with Crippen molar-refractivity contribution in [1.82, 2.24) is 5.32 Å². The summed E-state index contributed by atoms with van der Waals surface area (Å²) in [6.45, 7) is 0.292. The van der Waals surface area contributed by atoms with Crippen LogP contribution in [0.25, 0.3) is 0 Å². The van der Waals surface area contributed by atoms with Crippen LogP contribution in [0.4, 0.5) is 0 Å². The number of nitrogens with one attached hydrogen (secondary N) is 1. The minimum atomic E-state index is -0.369. The SMILES string of the molecule is N#Cc1cccc(CNC(=O)c2cc(Br)ccc2O)c1. The summed E-state index contributed by atoms with van der Waals surface area (Å²) in [5.74, 6) is -0.442. The summed E-state index contributed by atoms with van der Waals surface area (Å²) in [7, 11) is 0. The highest BCUT2D eigenvalue weighted by Gasteiger charge is 2.11. The number of phenols is 1. The highest BCUT2D eigenvalue weighted by molar-refractivity contribution is 9.10. The highest BCUT2D eigenvalue weighted by Crippen LogP contribution is 2.21. The lowest BCUT2D eigenvalue weighted by Gasteiger charge is -2.07. The van der Waals surface area contributed by atoms with E-state index in [1.807, 2.05) is 12.1 Å². The number of hydrogen-bond donors (Lipinski definition) is 2. The smallest absolute Gasteiger partial charge is 0.255 e. The molecule has 0 aromatic heterocycles. The number of nitriles is 1. The Morgan fingerprint density at radius 2 is 2.10 bits per heavy atom. The third kappa shape index (κ3) is 3.37. The summed E-state index contributed by atoms with van der Waals surface area (Å²) in [5.41, 5.74) is 1.57. The molecule has 2 rings (SSSR count). The van der Waals surface area contributed by atoms with Crippen LogP contribution in [0.15, 0.2) is 46.9 Å². The van der Waals surface area contributed by atoms with Gasteiger partial charge in [-0.15, -0.1) is 0 Å². The quantitative estimate of drug-likeness (QED) is 0.908. The van der Waals surface area contributed by atoms with E-state index in [-0.39, 0.29) is 17.2 Å². The van der Waals surface area contributed by atoms with Crippen LogP contribution in [0.5, 0.6) is 5.75 Å². The lowest BCUT2D eigenvalue weighted by atomic mass is 10.1. The molecule has 0 fully saturated rings. The van der Waals surface area contributed by atoms with Crippen LogP contribution in [0.1, 0.15) is 21.5 Å². The highest BCUT2D eigenvalue weighted by atomic mass is 79.9. The zero-order chi connectivity index (χ0) is 14.5. The Hall–Kier alpha value is -2.32. The van der Waals surface area contributed by atoms with Crippen molar-refractivity contribution in [3.8, 4) is 11.8 Å². The maximum absolute atomic E-state index is 12.0. The second-order valence-electron chi connectivity index (χ2n) is 4.16. The molecule has 100 valence electrons. The molecule has 0 saturated heterocycles. The summed E-state index contributed by atoms with van der Waals surface area (Å²) < 4.78 is 0.715. The molecular weight excluding hydrogens is 320 g/mol. The van der Waals surface area contributed by atoms with Gasteiger partial charge in [-0.3, -0.25) is 4.79 Å². The Kier molecular flexibility index (Phi) is 4.38. The molecule has 2 N–H and O–H groups in total. The molecule has 2 aromatic carbocycles. The number of aromatic hydroxyl groups is 1. The Morgan fingerprint density at radius 3 is 2.85 bits per heavy atom. The molecule has 0 aliphatic heterocycles. The Labute approximate surface area is 124 Å². The summed E-state index contributed by atoms with van der Waals surface area (Å²) in [6.07, 6.45) is 0. The molecular formula is C15H11BrN2O2. The van der Waals surface area contributed by atoms with Gasteiger partial charge in [0.05, 0.1) is 17.2 Å². The van der Waals surface area contributed by atoms with E-state index in [1.165, 1.54) is 6.07 Å². The maximum atomic E-state index is 12.0. The number of hydrogen-bond acceptors (Lipinski definition) is 3. The van der Waals surface area contributed by atoms with Crippen LogP contribution in [-0.2, 0) is 6.54 Å². The fourth-order valence-electron chi connectivity index (χ4n) is 1.72. The van der Waals surface area contributed by atoms with E-state index in [2.05, 4.69) is 21.2 Å². The molecule has 0 atom stereocenters. The summed E-state index contributed by atoms with van der Waals surface area (Å²) in [6, 6.07) is 13.7. The summed E-state index contributed by atoms with van der Waals surface area (Å²) in [5, 5.41) is 21.2. The second kappa shape index (κ2) is 6.22. The van der Waals surface area contributed by atoms with Crippen molar-refractivity contribution in [1.29, 1.82) is 5.26 Å². The number of halogens is 1. The average Bonchev–Trinajstić information content (AvgIpc) is 2.47. The van der Waals surface area contributed by atoms with Gasteiger partial charge in [0.15, 0.2) is 0 Å². The maximum Gasteiger partial charge on any atom is 0.255 e. The van der Waals surface area contributed by atoms with E-state index < -0.39 is 0 Å². The van der Waals surface area contributed by atoms with Crippen LogP contribution in [0, 0.1) is 11.3 Å². The normalized spacial score (nSPS) is 9.80. The third-order valence-electron chi connectivity index (χ3n) is 2.71. The average molecular weight is 331 g/mol. The summed E-state index contributed by atoms with van der Waals surface area (Å²) >= 11 is 3.25. The van der Waals surface area contributed by atoms with Crippen molar-refractivity contribution >= 4 is 21.8 Å². The Morgan fingerprint density at radius 1 is 1.30 bits per heavy atom. The van der Waals surface area contributed by atoms with E-state index in [0.29, 0.717) is 16.6 Å². The van der Waals surface area contributed by atoms with Gasteiger partial charge in [0.2, 0.25) is 0 Å². The van der Waals surface area contributed by atoms with Gasteiger partial charge in [0, 0.05) is 11.0 Å². The van der Waals surface area contributed by atoms with Crippen LogP contribution in [0.2, 0.25) is 0 Å². The predicted molar refractivity (Wildman–Crippen MR) is 78.1 cm³/mol. The first-order chi connectivity index (χ1) is 9.60. The molecule has 2 aromatic rings. The van der Waals surface area contributed by atoms with Gasteiger partial charge in [0.25, 0.3) is 5.91 Å². The minimum Gasteiger partial charge on any atom is -0.507 e. The molecule has 0 saturated carbocycles. The lowest BCUT2D eigenvalue weighted by Crippen LogP contribution is -2.22. The van der Waals surface area contributed by atoms with Crippen molar-refractivity contribution in [3.05, 3.63) is 63.6 Å². The molecule has 0 bridgehead atoms. The summed E-state index contributed by atoms with van der Waals surface area (Å²) in [4.78, 5) is 12.0. The molecule has 0 spiro atoms. The molecule has 5 heteroatoms. The number of nitrogens with zero attached hydrogens (tertiary/aromatic N) is 1. The Bertz CT molecular complexity index is 693. The van der Waals surface area contributed by atoms with E-state index in [0.717, 1.165) is 5.56 Å². The van der Waals surface area contributed by atoms with Gasteiger partial charge in [-0.25, -0.2) is 0 Å². The molecule has 4 nitrogen and oxygen atoms in total. The lowest BCUT2D eigenvalue weighted by molar-refractivity contribution is 0.0948. The standard InChI is InChI=1S/C15H11BrN2O2/c16-12-4-5-14(19)13(7-12)15(20)18-9-11-3-1-2-10(6-11)8-17/h1-7,19H,9H2,(H,18,20). The number of carbonyl (C=O) groups is 1. The topological polar surface area (TPSA) is 73.1 Å². The second-order valence-corrected chi connectivity index (χ2v) is 5.07. The minimum absolute atomic E-state index is 0.0727. The molecule has 20 heavy (non-hydrogen) atoms. The number of amides is 1. The van der Waals surface area contributed by atoms with E-state index in [4.69, 9.17) is 5.26 Å². The van der Waals surface area contributed by atoms with Crippen molar-refractivity contribution in [2.45, 2.75) is 6.54 Å². The van der Waals surface area contributed by atoms with Crippen molar-refractivity contribution in [2.75, 3.05) is 0 Å². The zero-order valence-corrected chi connectivity index (χ0v) is 12.0. The predicted octanol–water partition coefficient (Wildman–Crippen LogP) is 2.96. The van der Waals surface area contributed by atoms with E-state index in [1.54, 1.807) is 30.3 Å². The van der Waals surface area contributed by atoms with Crippen molar-refractivity contribution in [3.63, 3.8) is 0 Å². The first-order valence-electron chi connectivity index (χ1n) is 5.86. The zero-order valence-electron chi connectivity index (χ0n) is 10.4. The fourth-order valence-corrected chi connectivity index (χ4v) is 2.08. The van der Waals surface area contributed by atoms with Gasteiger partial charge in [-0.2, -0.15) is 5.26 Å². The van der Waals surface area contributed by atoms with Gasteiger partial charge < -0.3 is 10.4 Å². The third-order valence-corrected chi connectivity index (χ3v) is 3.21. The van der Waals surface area contributed by atoms with Gasteiger partial charge >= 0.3 is 0 Å². The van der Waals surface area contributed by atoms with Gasteiger partial charge in [-0.05, 0) is 35.9 Å². The molecule has 0 unspecified atom stereocenters. The first kappa shape index (κ1) is 14.1. The monoisotopic (exact) mass is 330 g/mol. The van der Waals surface area contributed by atoms with Crippen LogP contribution < -0.4 is 5.32 Å².